The second-order valence-electron chi connectivity index (χ2n) is 3.82. The molecule has 0 radical (unpaired) electrons. The largest absolute Gasteiger partial charge is 0.463 e. The fourth-order valence-electron chi connectivity index (χ4n) is 1.53. The van der Waals surface area contributed by atoms with Gasteiger partial charge in [-0.2, -0.15) is 0 Å². The van der Waals surface area contributed by atoms with E-state index in [1.54, 1.807) is 0 Å². The number of rotatable bonds is 6. The number of ether oxygens (including phenoxy) is 1. The highest BCUT2D eigenvalue weighted by atomic mass is 16.5. The Morgan fingerprint density at radius 1 is 1.44 bits per heavy atom. The molecule has 1 aromatic carbocycles. The number of carbonyl (C=O) groups is 1. The lowest BCUT2D eigenvalue weighted by atomic mass is 10.1. The van der Waals surface area contributed by atoms with E-state index in [-0.39, 0.29) is 5.97 Å². The Labute approximate surface area is 96.9 Å². The molecule has 1 aromatic rings. The van der Waals surface area contributed by atoms with Crippen LogP contribution < -0.4 is 0 Å². The van der Waals surface area contributed by atoms with Crippen molar-refractivity contribution in [2.45, 2.75) is 26.2 Å². The summed E-state index contributed by atoms with van der Waals surface area (Å²) < 4.78 is 4.90. The van der Waals surface area contributed by atoms with Gasteiger partial charge in [-0.15, -0.1) is 0 Å². The zero-order valence-corrected chi connectivity index (χ0v) is 9.74. The van der Waals surface area contributed by atoms with Crippen molar-refractivity contribution in [2.24, 2.45) is 0 Å². The molecule has 0 unspecified atom stereocenters. The van der Waals surface area contributed by atoms with E-state index < -0.39 is 0 Å². The minimum atomic E-state index is -0.337. The van der Waals surface area contributed by atoms with Gasteiger partial charge in [0.05, 0.1) is 6.61 Å². The van der Waals surface area contributed by atoms with Crippen molar-refractivity contribution in [1.29, 1.82) is 0 Å². The number of hydrogen-bond donors (Lipinski definition) is 0. The van der Waals surface area contributed by atoms with Crippen LogP contribution in [-0.2, 0) is 16.0 Å². The molecule has 0 heterocycles. The summed E-state index contributed by atoms with van der Waals surface area (Å²) in [7, 11) is 0. The molecule has 0 amide bonds. The first-order valence-electron chi connectivity index (χ1n) is 5.57. The maximum absolute atomic E-state index is 10.7. The summed E-state index contributed by atoms with van der Waals surface area (Å²) in [6, 6.07) is 8.48. The van der Waals surface area contributed by atoms with Crippen LogP contribution in [0.1, 0.15) is 24.0 Å². The molecule has 2 heteroatoms. The predicted octanol–water partition coefficient (Wildman–Crippen LogP) is 3.05. The molecular weight excluding hydrogens is 200 g/mol. The number of esters is 1. The normalized spacial score (nSPS) is 9.81. The topological polar surface area (TPSA) is 26.3 Å². The lowest BCUT2D eigenvalue weighted by Crippen LogP contribution is -2.02. The van der Waals surface area contributed by atoms with Crippen molar-refractivity contribution in [3.8, 4) is 0 Å². The first kappa shape index (κ1) is 12.5. The molecule has 0 bridgehead atoms. The minimum Gasteiger partial charge on any atom is -0.463 e. The van der Waals surface area contributed by atoms with Gasteiger partial charge in [-0.25, -0.2) is 4.79 Å². The molecule has 1 rings (SSSR count). The molecule has 0 atom stereocenters. The number of aryl methyl sites for hydroxylation is 2. The molecule has 0 N–H and O–H groups in total. The number of hydrogen-bond acceptors (Lipinski definition) is 2. The molecule has 0 aromatic heterocycles. The Bertz CT molecular complexity index is 356. The molecule has 0 saturated heterocycles. The molecule has 0 aliphatic heterocycles. The van der Waals surface area contributed by atoms with Crippen LogP contribution in [0.5, 0.6) is 0 Å². The molecular formula is C14H18O2. The average Bonchev–Trinajstić information content (AvgIpc) is 2.28. The minimum absolute atomic E-state index is 0.337. The third-order valence-electron chi connectivity index (χ3n) is 2.35. The summed E-state index contributed by atoms with van der Waals surface area (Å²) in [6.45, 7) is 5.92. The van der Waals surface area contributed by atoms with Crippen LogP contribution >= 0.6 is 0 Å². The van der Waals surface area contributed by atoms with E-state index in [0.29, 0.717) is 6.61 Å². The molecule has 0 aliphatic rings. The van der Waals surface area contributed by atoms with Crippen LogP contribution in [0.4, 0.5) is 0 Å². The second kappa shape index (κ2) is 6.83. The van der Waals surface area contributed by atoms with Gasteiger partial charge >= 0.3 is 5.97 Å². The average molecular weight is 218 g/mol. The Balaban J connectivity index is 2.16. The Hall–Kier alpha value is -1.57. The lowest BCUT2D eigenvalue weighted by Gasteiger charge is -2.03. The Morgan fingerprint density at radius 2 is 2.25 bits per heavy atom. The van der Waals surface area contributed by atoms with Gasteiger partial charge in [0.15, 0.2) is 0 Å². The van der Waals surface area contributed by atoms with Crippen molar-refractivity contribution in [1.82, 2.24) is 0 Å². The van der Waals surface area contributed by atoms with Crippen LogP contribution in [0, 0.1) is 6.92 Å². The highest BCUT2D eigenvalue weighted by molar-refractivity contribution is 5.81. The van der Waals surface area contributed by atoms with Crippen molar-refractivity contribution < 1.29 is 9.53 Å². The van der Waals surface area contributed by atoms with E-state index in [0.717, 1.165) is 19.3 Å². The summed E-state index contributed by atoms with van der Waals surface area (Å²) in [5.74, 6) is -0.337. The van der Waals surface area contributed by atoms with E-state index in [1.165, 1.54) is 17.2 Å². The van der Waals surface area contributed by atoms with Crippen LogP contribution in [0.2, 0.25) is 0 Å². The summed E-state index contributed by atoms with van der Waals surface area (Å²) in [4.78, 5) is 10.7. The van der Waals surface area contributed by atoms with Gasteiger partial charge in [0, 0.05) is 6.08 Å². The molecule has 0 spiro atoms. The Morgan fingerprint density at radius 3 is 2.94 bits per heavy atom. The van der Waals surface area contributed by atoms with Crippen LogP contribution in [0.3, 0.4) is 0 Å². The maximum atomic E-state index is 10.7. The van der Waals surface area contributed by atoms with Crippen molar-refractivity contribution in [2.75, 3.05) is 6.61 Å². The number of benzene rings is 1. The third kappa shape index (κ3) is 4.78. The van der Waals surface area contributed by atoms with E-state index in [9.17, 15) is 4.79 Å². The van der Waals surface area contributed by atoms with Gasteiger partial charge in [0.1, 0.15) is 0 Å². The van der Waals surface area contributed by atoms with E-state index in [1.807, 2.05) is 0 Å². The van der Waals surface area contributed by atoms with Crippen molar-refractivity contribution in [3.05, 3.63) is 48.0 Å². The lowest BCUT2D eigenvalue weighted by molar-refractivity contribution is -0.137. The zero-order valence-electron chi connectivity index (χ0n) is 9.74. The first-order chi connectivity index (χ1) is 7.72. The van der Waals surface area contributed by atoms with Gasteiger partial charge in [-0.3, -0.25) is 0 Å². The van der Waals surface area contributed by atoms with Crippen molar-refractivity contribution in [3.63, 3.8) is 0 Å². The Kier molecular flexibility index (Phi) is 5.34. The summed E-state index contributed by atoms with van der Waals surface area (Å²) in [5.41, 5.74) is 2.63. The summed E-state index contributed by atoms with van der Waals surface area (Å²) in [6.07, 6.45) is 4.16. The first-order valence-corrected chi connectivity index (χ1v) is 5.57. The number of unbranched alkanes of at least 4 members (excludes halogenated alkanes) is 1. The van der Waals surface area contributed by atoms with Gasteiger partial charge in [0.2, 0.25) is 0 Å². The van der Waals surface area contributed by atoms with Gasteiger partial charge < -0.3 is 4.74 Å². The van der Waals surface area contributed by atoms with Gasteiger partial charge in [-0.05, 0) is 31.7 Å². The monoisotopic (exact) mass is 218 g/mol. The third-order valence-corrected chi connectivity index (χ3v) is 2.35. The predicted molar refractivity (Wildman–Crippen MR) is 65.3 cm³/mol. The SMILES string of the molecule is C=CC(=O)OCCCCc1cccc(C)c1. The fourth-order valence-corrected chi connectivity index (χ4v) is 1.53. The highest BCUT2D eigenvalue weighted by Gasteiger charge is 1.96. The second-order valence-corrected chi connectivity index (χ2v) is 3.82. The van der Waals surface area contributed by atoms with Crippen LogP contribution in [0.15, 0.2) is 36.9 Å². The number of carbonyl (C=O) groups excluding carboxylic acids is 1. The highest BCUT2D eigenvalue weighted by Crippen LogP contribution is 2.07. The van der Waals surface area contributed by atoms with E-state index in [4.69, 9.17) is 4.74 Å². The van der Waals surface area contributed by atoms with Gasteiger partial charge in [-0.1, -0.05) is 36.4 Å². The standard InChI is InChI=1S/C14H18O2/c1-3-14(15)16-10-5-4-8-13-9-6-7-12(2)11-13/h3,6-7,9,11H,1,4-5,8,10H2,2H3. The van der Waals surface area contributed by atoms with Gasteiger partial charge in [0.25, 0.3) is 0 Å². The summed E-state index contributed by atoms with van der Waals surface area (Å²) in [5, 5.41) is 0. The quantitative estimate of drug-likeness (QED) is 0.417. The molecule has 0 saturated carbocycles. The van der Waals surface area contributed by atoms with E-state index >= 15 is 0 Å². The molecule has 0 fully saturated rings. The maximum Gasteiger partial charge on any atom is 0.330 e. The smallest absolute Gasteiger partial charge is 0.330 e. The molecule has 2 nitrogen and oxygen atoms in total. The van der Waals surface area contributed by atoms with E-state index in [2.05, 4.69) is 37.8 Å². The fraction of sp³-hybridized carbons (Fsp3) is 0.357. The van der Waals surface area contributed by atoms with Crippen LogP contribution in [-0.4, -0.2) is 12.6 Å². The molecule has 16 heavy (non-hydrogen) atoms. The van der Waals surface area contributed by atoms with Crippen molar-refractivity contribution >= 4 is 5.97 Å². The summed E-state index contributed by atoms with van der Waals surface area (Å²) >= 11 is 0. The zero-order chi connectivity index (χ0) is 11.8. The molecule has 86 valence electrons. The molecule has 0 aliphatic carbocycles. The van der Waals surface area contributed by atoms with Crippen LogP contribution in [0.25, 0.3) is 0 Å².